The SMILES string of the molecule is O=C1CCN(Cc2ccc(F)cc2Br)CC1. The van der Waals surface area contributed by atoms with Crippen LogP contribution in [0.25, 0.3) is 0 Å². The highest BCUT2D eigenvalue weighted by atomic mass is 79.9. The standard InChI is InChI=1S/C12H13BrFNO/c13-12-7-10(14)2-1-9(12)8-15-5-3-11(16)4-6-15/h1-2,7H,3-6,8H2. The molecule has 1 heterocycles. The van der Waals surface area contributed by atoms with Crippen LogP contribution in [0.15, 0.2) is 22.7 Å². The Labute approximate surface area is 103 Å². The topological polar surface area (TPSA) is 20.3 Å². The molecule has 0 unspecified atom stereocenters. The molecule has 1 saturated heterocycles. The molecule has 16 heavy (non-hydrogen) atoms. The molecule has 0 N–H and O–H groups in total. The quantitative estimate of drug-likeness (QED) is 0.833. The summed E-state index contributed by atoms with van der Waals surface area (Å²) in [5, 5.41) is 0. The summed E-state index contributed by atoms with van der Waals surface area (Å²) < 4.78 is 13.7. The van der Waals surface area contributed by atoms with Crippen LogP contribution in [0.3, 0.4) is 0 Å². The molecule has 0 atom stereocenters. The van der Waals surface area contributed by atoms with E-state index < -0.39 is 0 Å². The number of piperidine rings is 1. The molecule has 1 aliphatic heterocycles. The van der Waals surface area contributed by atoms with Crippen LogP contribution in [0, 0.1) is 5.82 Å². The second kappa shape index (κ2) is 5.06. The van der Waals surface area contributed by atoms with Gasteiger partial charge < -0.3 is 0 Å². The van der Waals surface area contributed by atoms with Gasteiger partial charge in [-0.3, -0.25) is 9.69 Å². The number of carbonyl (C=O) groups is 1. The molecule has 0 bridgehead atoms. The normalized spacial score (nSPS) is 17.8. The first-order valence-electron chi connectivity index (χ1n) is 5.33. The molecule has 0 amide bonds. The Hall–Kier alpha value is -0.740. The Morgan fingerprint density at radius 2 is 2.00 bits per heavy atom. The molecule has 0 aromatic heterocycles. The van der Waals surface area contributed by atoms with Gasteiger partial charge >= 0.3 is 0 Å². The van der Waals surface area contributed by atoms with E-state index in [4.69, 9.17) is 0 Å². The highest BCUT2D eigenvalue weighted by Crippen LogP contribution is 2.20. The van der Waals surface area contributed by atoms with Gasteiger partial charge in [-0.15, -0.1) is 0 Å². The zero-order valence-electron chi connectivity index (χ0n) is 8.88. The number of nitrogens with zero attached hydrogens (tertiary/aromatic N) is 1. The van der Waals surface area contributed by atoms with Crippen molar-refractivity contribution in [3.63, 3.8) is 0 Å². The number of hydrogen-bond donors (Lipinski definition) is 0. The molecule has 1 aromatic rings. The van der Waals surface area contributed by atoms with E-state index in [1.54, 1.807) is 6.07 Å². The van der Waals surface area contributed by atoms with Crippen molar-refractivity contribution >= 4 is 21.7 Å². The predicted octanol–water partition coefficient (Wildman–Crippen LogP) is 2.75. The summed E-state index contributed by atoms with van der Waals surface area (Å²) in [6.07, 6.45) is 1.28. The van der Waals surface area contributed by atoms with E-state index in [9.17, 15) is 9.18 Å². The van der Waals surface area contributed by atoms with Crippen LogP contribution >= 0.6 is 15.9 Å². The number of hydrogen-bond acceptors (Lipinski definition) is 2. The van der Waals surface area contributed by atoms with E-state index in [0.717, 1.165) is 29.7 Å². The lowest BCUT2D eigenvalue weighted by atomic mass is 10.1. The lowest BCUT2D eigenvalue weighted by molar-refractivity contribution is -0.121. The average molecular weight is 286 g/mol. The fraction of sp³-hybridized carbons (Fsp3) is 0.417. The van der Waals surface area contributed by atoms with Crippen LogP contribution < -0.4 is 0 Å². The highest BCUT2D eigenvalue weighted by molar-refractivity contribution is 9.10. The third-order valence-electron chi connectivity index (χ3n) is 2.82. The Morgan fingerprint density at radius 3 is 2.62 bits per heavy atom. The van der Waals surface area contributed by atoms with Crippen molar-refractivity contribution in [1.29, 1.82) is 0 Å². The molecule has 2 rings (SSSR count). The molecule has 1 aliphatic rings. The smallest absolute Gasteiger partial charge is 0.135 e. The van der Waals surface area contributed by atoms with Gasteiger partial charge in [-0.25, -0.2) is 4.39 Å². The molecule has 4 heteroatoms. The Morgan fingerprint density at radius 1 is 1.31 bits per heavy atom. The van der Waals surface area contributed by atoms with Crippen LogP contribution in [0.2, 0.25) is 0 Å². The number of carbonyl (C=O) groups excluding carboxylic acids is 1. The predicted molar refractivity (Wildman–Crippen MR) is 63.6 cm³/mol. The summed E-state index contributed by atoms with van der Waals surface area (Å²) in [6.45, 7) is 2.39. The summed E-state index contributed by atoms with van der Waals surface area (Å²) in [6, 6.07) is 4.73. The minimum Gasteiger partial charge on any atom is -0.300 e. The summed E-state index contributed by atoms with van der Waals surface area (Å²) in [5.74, 6) is 0.110. The third-order valence-corrected chi connectivity index (χ3v) is 3.56. The molecular weight excluding hydrogens is 273 g/mol. The minimum absolute atomic E-state index is 0.232. The zero-order chi connectivity index (χ0) is 11.5. The zero-order valence-corrected chi connectivity index (χ0v) is 10.5. The largest absolute Gasteiger partial charge is 0.300 e. The molecule has 0 aliphatic carbocycles. The van der Waals surface area contributed by atoms with Crippen LogP contribution in [-0.4, -0.2) is 23.8 Å². The van der Waals surface area contributed by atoms with Gasteiger partial charge in [-0.05, 0) is 17.7 Å². The van der Waals surface area contributed by atoms with Crippen molar-refractivity contribution in [2.24, 2.45) is 0 Å². The molecule has 2 nitrogen and oxygen atoms in total. The number of Topliss-reactive ketones (excluding diaryl/α,β-unsaturated/α-hetero) is 1. The van der Waals surface area contributed by atoms with Crippen molar-refractivity contribution in [3.8, 4) is 0 Å². The number of rotatable bonds is 2. The molecule has 0 spiro atoms. The molecule has 0 saturated carbocycles. The van der Waals surface area contributed by atoms with E-state index in [2.05, 4.69) is 20.8 Å². The van der Waals surface area contributed by atoms with Gasteiger partial charge in [-0.2, -0.15) is 0 Å². The highest BCUT2D eigenvalue weighted by Gasteiger charge is 2.16. The second-order valence-corrected chi connectivity index (χ2v) is 4.90. The van der Waals surface area contributed by atoms with Crippen molar-refractivity contribution < 1.29 is 9.18 Å². The van der Waals surface area contributed by atoms with Crippen LogP contribution in [-0.2, 0) is 11.3 Å². The third kappa shape index (κ3) is 2.89. The first-order valence-corrected chi connectivity index (χ1v) is 6.12. The first kappa shape index (κ1) is 11.7. The first-order chi connectivity index (χ1) is 7.65. The van der Waals surface area contributed by atoms with Crippen molar-refractivity contribution in [2.45, 2.75) is 19.4 Å². The van der Waals surface area contributed by atoms with E-state index in [1.165, 1.54) is 12.1 Å². The molecule has 0 radical (unpaired) electrons. The van der Waals surface area contributed by atoms with Crippen LogP contribution in [0.4, 0.5) is 4.39 Å². The minimum atomic E-state index is -0.232. The van der Waals surface area contributed by atoms with Gasteiger partial charge in [0.1, 0.15) is 11.6 Å². The van der Waals surface area contributed by atoms with E-state index >= 15 is 0 Å². The average Bonchev–Trinajstić information content (AvgIpc) is 2.25. The van der Waals surface area contributed by atoms with Gasteiger partial charge in [0.2, 0.25) is 0 Å². The second-order valence-electron chi connectivity index (χ2n) is 4.05. The van der Waals surface area contributed by atoms with E-state index in [0.29, 0.717) is 18.6 Å². The van der Waals surface area contributed by atoms with E-state index in [1.807, 2.05) is 0 Å². The molecule has 1 aromatic carbocycles. The summed E-state index contributed by atoms with van der Waals surface area (Å²) in [4.78, 5) is 13.3. The summed E-state index contributed by atoms with van der Waals surface area (Å²) in [7, 11) is 0. The van der Waals surface area contributed by atoms with Crippen LogP contribution in [0.5, 0.6) is 0 Å². The maximum Gasteiger partial charge on any atom is 0.135 e. The molecule has 86 valence electrons. The lowest BCUT2D eigenvalue weighted by Gasteiger charge is -2.26. The number of ketones is 1. The monoisotopic (exact) mass is 285 g/mol. The van der Waals surface area contributed by atoms with Crippen molar-refractivity contribution in [2.75, 3.05) is 13.1 Å². The lowest BCUT2D eigenvalue weighted by Crippen LogP contribution is -2.33. The van der Waals surface area contributed by atoms with Gasteiger partial charge in [0, 0.05) is 36.9 Å². The van der Waals surface area contributed by atoms with Crippen molar-refractivity contribution in [1.82, 2.24) is 4.90 Å². The van der Waals surface area contributed by atoms with E-state index in [-0.39, 0.29) is 5.82 Å². The van der Waals surface area contributed by atoms with Gasteiger partial charge in [0.05, 0.1) is 0 Å². The maximum absolute atomic E-state index is 12.9. The maximum atomic E-state index is 12.9. The fourth-order valence-corrected chi connectivity index (χ4v) is 2.33. The molecule has 1 fully saturated rings. The molecular formula is C12H13BrFNO. The van der Waals surface area contributed by atoms with Gasteiger partial charge in [-0.1, -0.05) is 22.0 Å². The Kier molecular flexibility index (Phi) is 3.71. The number of halogens is 2. The van der Waals surface area contributed by atoms with Crippen molar-refractivity contribution in [3.05, 3.63) is 34.1 Å². The Balaban J connectivity index is 2.01. The van der Waals surface area contributed by atoms with Gasteiger partial charge in [0.15, 0.2) is 0 Å². The van der Waals surface area contributed by atoms with Gasteiger partial charge in [0.25, 0.3) is 0 Å². The van der Waals surface area contributed by atoms with Crippen LogP contribution in [0.1, 0.15) is 18.4 Å². The fourth-order valence-electron chi connectivity index (χ4n) is 1.85. The Bertz CT molecular complexity index is 398. The number of likely N-dealkylation sites (tertiary alicyclic amines) is 1. The summed E-state index contributed by atoms with van der Waals surface area (Å²) >= 11 is 3.35. The summed E-state index contributed by atoms with van der Waals surface area (Å²) in [5.41, 5.74) is 1.07. The number of benzene rings is 1.